The minimum Gasteiger partial charge on any atom is -0.371 e. The number of nitrogens with zero attached hydrogens (tertiary/aromatic N) is 3. The second-order valence-corrected chi connectivity index (χ2v) is 12.4. The molecule has 1 fully saturated rings. The van der Waals surface area contributed by atoms with Crippen LogP contribution in [0.1, 0.15) is 95.6 Å². The van der Waals surface area contributed by atoms with Gasteiger partial charge in [-0.2, -0.15) is 5.26 Å². The van der Waals surface area contributed by atoms with E-state index >= 15 is 0 Å². The summed E-state index contributed by atoms with van der Waals surface area (Å²) in [6, 6.07) is 11.2. The van der Waals surface area contributed by atoms with Crippen LogP contribution in [-0.4, -0.2) is 30.0 Å². The maximum absolute atomic E-state index is 12.9. The number of Topliss-reactive ketones (excluding diaryl/α,β-unsaturated/α-hetero) is 1. The van der Waals surface area contributed by atoms with Crippen molar-refractivity contribution in [3.63, 3.8) is 0 Å². The van der Waals surface area contributed by atoms with Crippen molar-refractivity contribution in [2.24, 2.45) is 16.8 Å². The van der Waals surface area contributed by atoms with E-state index in [4.69, 9.17) is 5.26 Å². The first kappa shape index (κ1) is 31.5. The molecule has 4 aliphatic rings. The average molecular weight is 586 g/mol. The summed E-state index contributed by atoms with van der Waals surface area (Å²) < 4.78 is 0. The number of benzene rings is 1. The molecular formula is C40H47N3O. The molecule has 2 heterocycles. The normalized spacial score (nSPS) is 22.6. The molecule has 4 nitrogen and oxygen atoms in total. The Morgan fingerprint density at radius 1 is 1.09 bits per heavy atom. The van der Waals surface area contributed by atoms with Gasteiger partial charge in [0.1, 0.15) is 0 Å². The molecule has 5 rings (SSSR count). The molecule has 0 N–H and O–H groups in total. The number of ketones is 1. The van der Waals surface area contributed by atoms with E-state index in [-0.39, 0.29) is 17.6 Å². The van der Waals surface area contributed by atoms with Gasteiger partial charge in [0.15, 0.2) is 5.78 Å². The fraction of sp³-hybridized carbons (Fsp3) is 0.425. The molecule has 2 aliphatic carbocycles. The number of nitriles is 1. The molecule has 0 saturated heterocycles. The van der Waals surface area contributed by atoms with Gasteiger partial charge in [-0.25, -0.2) is 0 Å². The first-order chi connectivity index (χ1) is 21.6. The highest BCUT2D eigenvalue weighted by Gasteiger charge is 2.44. The second-order valence-electron chi connectivity index (χ2n) is 12.4. The van der Waals surface area contributed by atoms with Crippen molar-refractivity contribution >= 4 is 23.6 Å². The summed E-state index contributed by atoms with van der Waals surface area (Å²) in [7, 11) is 0. The minimum atomic E-state index is -0.0687. The summed E-state index contributed by atoms with van der Waals surface area (Å²) >= 11 is 0. The predicted octanol–water partition coefficient (Wildman–Crippen LogP) is 9.71. The number of hydrogen-bond acceptors (Lipinski definition) is 4. The molecule has 2 aliphatic heterocycles. The maximum Gasteiger partial charge on any atom is 0.162 e. The van der Waals surface area contributed by atoms with Crippen molar-refractivity contribution in [2.45, 2.75) is 84.5 Å². The largest absolute Gasteiger partial charge is 0.371 e. The lowest BCUT2D eigenvalue weighted by Gasteiger charge is -2.31. The molecule has 0 bridgehead atoms. The van der Waals surface area contributed by atoms with Gasteiger partial charge in [-0.1, -0.05) is 86.9 Å². The number of hydrogen-bond donors (Lipinski definition) is 0. The molecule has 0 spiro atoms. The highest BCUT2D eigenvalue weighted by molar-refractivity contribution is 5.99. The molecular weight excluding hydrogens is 538 g/mol. The van der Waals surface area contributed by atoms with Gasteiger partial charge in [0, 0.05) is 42.7 Å². The Labute approximate surface area is 264 Å². The van der Waals surface area contributed by atoms with E-state index in [0.717, 1.165) is 63.6 Å². The molecule has 2 atom stereocenters. The van der Waals surface area contributed by atoms with Crippen molar-refractivity contribution in [3.8, 4) is 6.07 Å². The van der Waals surface area contributed by atoms with Gasteiger partial charge < -0.3 is 4.90 Å². The van der Waals surface area contributed by atoms with E-state index in [1.165, 1.54) is 59.2 Å². The lowest BCUT2D eigenvalue weighted by Crippen LogP contribution is -2.29. The van der Waals surface area contributed by atoms with Crippen molar-refractivity contribution in [1.29, 1.82) is 5.26 Å². The second kappa shape index (κ2) is 15.7. The van der Waals surface area contributed by atoms with Gasteiger partial charge in [-0.05, 0) is 97.8 Å². The van der Waals surface area contributed by atoms with Gasteiger partial charge in [0.25, 0.3) is 0 Å². The lowest BCUT2D eigenvalue weighted by atomic mass is 9.88. The predicted molar refractivity (Wildman–Crippen MR) is 184 cm³/mol. The number of allylic oxidation sites excluding steroid dienone is 9. The van der Waals surface area contributed by atoms with Crippen LogP contribution in [0.15, 0.2) is 99.9 Å². The Morgan fingerprint density at radius 2 is 1.91 bits per heavy atom. The quantitative estimate of drug-likeness (QED) is 0.181. The van der Waals surface area contributed by atoms with Crippen LogP contribution in [0.5, 0.6) is 0 Å². The number of carbonyl (C=O) groups is 1. The molecule has 44 heavy (non-hydrogen) atoms. The molecule has 1 saturated carbocycles. The third kappa shape index (κ3) is 8.14. The van der Waals surface area contributed by atoms with Crippen LogP contribution in [0.25, 0.3) is 11.6 Å². The third-order valence-electron chi connectivity index (χ3n) is 9.09. The van der Waals surface area contributed by atoms with Crippen molar-refractivity contribution in [2.75, 3.05) is 13.1 Å². The van der Waals surface area contributed by atoms with Crippen LogP contribution in [0.3, 0.4) is 0 Å². The number of unbranched alkanes of at least 4 members (excludes halogenated alkanes) is 1. The van der Waals surface area contributed by atoms with Crippen LogP contribution in [0.4, 0.5) is 0 Å². The summed E-state index contributed by atoms with van der Waals surface area (Å²) in [4.78, 5) is 19.9. The monoisotopic (exact) mass is 585 g/mol. The Morgan fingerprint density at radius 3 is 2.66 bits per heavy atom. The van der Waals surface area contributed by atoms with E-state index in [2.05, 4.69) is 96.6 Å². The van der Waals surface area contributed by atoms with E-state index in [0.29, 0.717) is 0 Å². The highest BCUT2D eigenvalue weighted by Crippen LogP contribution is 2.41. The van der Waals surface area contributed by atoms with Gasteiger partial charge in [0.05, 0.1) is 12.0 Å². The number of carbonyl (C=O) groups excluding carboxylic acids is 1. The Bertz CT molecular complexity index is 1480. The van der Waals surface area contributed by atoms with Crippen LogP contribution >= 0.6 is 0 Å². The number of aliphatic imine (C=N–C) groups is 1. The molecule has 0 radical (unpaired) electrons. The zero-order valence-electron chi connectivity index (χ0n) is 26.6. The van der Waals surface area contributed by atoms with Crippen LogP contribution in [0, 0.1) is 23.2 Å². The fourth-order valence-electron chi connectivity index (χ4n) is 6.57. The smallest absolute Gasteiger partial charge is 0.162 e. The molecule has 0 unspecified atom stereocenters. The number of rotatable bonds is 12. The minimum absolute atomic E-state index is 0.0606. The van der Waals surface area contributed by atoms with Crippen LogP contribution in [-0.2, 0) is 4.79 Å². The van der Waals surface area contributed by atoms with E-state index in [1.54, 1.807) is 5.57 Å². The van der Waals surface area contributed by atoms with Gasteiger partial charge in [-0.3, -0.25) is 9.79 Å². The molecule has 1 aromatic carbocycles. The van der Waals surface area contributed by atoms with Gasteiger partial charge >= 0.3 is 0 Å². The van der Waals surface area contributed by atoms with Crippen molar-refractivity contribution < 1.29 is 4.79 Å². The molecule has 228 valence electrons. The van der Waals surface area contributed by atoms with Crippen LogP contribution < -0.4 is 0 Å². The van der Waals surface area contributed by atoms with E-state index in [1.807, 2.05) is 12.4 Å². The first-order valence-corrected chi connectivity index (χ1v) is 16.8. The molecule has 0 amide bonds. The summed E-state index contributed by atoms with van der Waals surface area (Å²) in [6.45, 7) is 6.29. The molecule has 0 aromatic heterocycles. The van der Waals surface area contributed by atoms with Crippen molar-refractivity contribution in [3.05, 3.63) is 106 Å². The molecule has 4 heteroatoms. The van der Waals surface area contributed by atoms with Crippen LogP contribution in [0.2, 0.25) is 0 Å². The lowest BCUT2D eigenvalue weighted by molar-refractivity contribution is -0.117. The fourth-order valence-corrected chi connectivity index (χ4v) is 6.57. The molecule has 1 aromatic rings. The van der Waals surface area contributed by atoms with E-state index in [9.17, 15) is 4.79 Å². The Balaban J connectivity index is 1.22. The summed E-state index contributed by atoms with van der Waals surface area (Å²) in [5, 5.41) is 9.15. The average Bonchev–Trinajstić information content (AvgIpc) is 3.84. The topological polar surface area (TPSA) is 56.5 Å². The first-order valence-electron chi connectivity index (χ1n) is 16.8. The summed E-state index contributed by atoms with van der Waals surface area (Å²) in [6.07, 6.45) is 31.1. The SMILES string of the molecule is CCCC(=CCC/C=C/c1ccc(C2=CCC3=CN=CC=C(N4CC/C=C(\C(=O)[C@H]5C[C@@H]5C#N)CCC4)C3=C2)cc1)CCC. The summed E-state index contributed by atoms with van der Waals surface area (Å²) in [5.74, 6) is 0.0817. The van der Waals surface area contributed by atoms with E-state index < -0.39 is 0 Å². The third-order valence-corrected chi connectivity index (χ3v) is 9.09. The van der Waals surface area contributed by atoms with Gasteiger partial charge in [0.2, 0.25) is 0 Å². The Hall–Kier alpha value is -3.97. The van der Waals surface area contributed by atoms with Gasteiger partial charge in [-0.15, -0.1) is 0 Å². The zero-order valence-corrected chi connectivity index (χ0v) is 26.6. The zero-order chi connectivity index (χ0) is 30.7. The Kier molecular flexibility index (Phi) is 11.2. The van der Waals surface area contributed by atoms with Crippen molar-refractivity contribution in [1.82, 2.24) is 4.90 Å². The maximum atomic E-state index is 12.9. The summed E-state index contributed by atoms with van der Waals surface area (Å²) in [5.41, 5.74) is 9.99. The highest BCUT2D eigenvalue weighted by atomic mass is 16.1. The number of fused-ring (bicyclic) bond motifs is 1. The standard InChI is InChI=1S/C40H47N3O/c1-3-10-30(11-4-2)12-6-5-7-13-31-16-18-32(19-17-31)34-20-21-35-29-42-23-22-39(37(35)26-34)43-24-8-14-33(15-9-25-43)40(44)38-27-36(38)28-41/h7,12-14,16-20,22-23,26,29,36,38H,3-6,8-11,15,21,24-25,27H2,1-2H3/b13-7+,33-14-/t36-,38+/m1/s1.